The second-order valence-electron chi connectivity index (χ2n) is 4.65. The monoisotopic (exact) mass is 308 g/mol. The zero-order chi connectivity index (χ0) is 16.2. The van der Waals surface area contributed by atoms with Crippen molar-refractivity contribution in [2.24, 2.45) is 5.18 Å². The second kappa shape index (κ2) is 6.10. The third-order valence-electron chi connectivity index (χ3n) is 3.13. The molecule has 1 heterocycles. The van der Waals surface area contributed by atoms with Gasteiger partial charge in [0.05, 0.1) is 5.56 Å². The molecule has 0 amide bonds. The Hall–Kier alpha value is -3.48. The Bertz CT molecular complexity index is 907. The van der Waals surface area contributed by atoms with Crippen LogP contribution in [0.3, 0.4) is 0 Å². The fraction of sp³-hybridized carbons (Fsp3) is 0. The van der Waals surface area contributed by atoms with Crippen molar-refractivity contribution in [3.8, 4) is 22.9 Å². The first-order chi connectivity index (χ1) is 11.2. The molecule has 7 nitrogen and oxygen atoms in total. The lowest BCUT2D eigenvalue weighted by Gasteiger charge is -2.11. The molecule has 0 saturated heterocycles. The van der Waals surface area contributed by atoms with Crippen LogP contribution < -0.4 is 16.0 Å². The summed E-state index contributed by atoms with van der Waals surface area (Å²) in [7, 11) is 0. The van der Waals surface area contributed by atoms with Gasteiger partial charge in [-0.15, -0.1) is 4.91 Å². The van der Waals surface area contributed by atoms with Crippen molar-refractivity contribution in [1.29, 1.82) is 0 Å². The maximum Gasteiger partial charge on any atom is 0.282 e. The highest BCUT2D eigenvalue weighted by Crippen LogP contribution is 2.31. The zero-order valence-corrected chi connectivity index (χ0v) is 11.9. The van der Waals surface area contributed by atoms with Crippen molar-refractivity contribution < 1.29 is 4.74 Å². The number of aromatic nitrogens is 2. The van der Waals surface area contributed by atoms with Crippen LogP contribution in [-0.2, 0) is 0 Å². The fourth-order valence-electron chi connectivity index (χ4n) is 2.07. The number of hydrogen-bond acceptors (Lipinski definition) is 6. The van der Waals surface area contributed by atoms with E-state index in [-0.39, 0.29) is 11.6 Å². The van der Waals surface area contributed by atoms with Crippen LogP contribution in [0.5, 0.6) is 11.5 Å². The van der Waals surface area contributed by atoms with Crippen LogP contribution in [0.4, 0.5) is 11.5 Å². The van der Waals surface area contributed by atoms with Crippen molar-refractivity contribution in [3.63, 3.8) is 0 Å². The molecule has 7 heteroatoms. The van der Waals surface area contributed by atoms with Gasteiger partial charge in [-0.2, -0.15) is 0 Å². The Balaban J connectivity index is 2.08. The average Bonchev–Trinajstić information content (AvgIpc) is 2.56. The largest absolute Gasteiger partial charge is 0.457 e. The lowest BCUT2D eigenvalue weighted by Crippen LogP contribution is -2.11. The van der Waals surface area contributed by atoms with Gasteiger partial charge in [0, 0.05) is 0 Å². The van der Waals surface area contributed by atoms with E-state index in [1.54, 1.807) is 36.4 Å². The van der Waals surface area contributed by atoms with Gasteiger partial charge in [0.2, 0.25) is 5.69 Å². The first kappa shape index (κ1) is 14.5. The van der Waals surface area contributed by atoms with Crippen LogP contribution in [0.1, 0.15) is 0 Å². The molecule has 3 rings (SSSR count). The van der Waals surface area contributed by atoms with Gasteiger partial charge >= 0.3 is 0 Å². The third kappa shape index (κ3) is 2.93. The molecule has 0 radical (unpaired) electrons. The normalized spacial score (nSPS) is 10.3. The molecule has 3 aromatic rings. The van der Waals surface area contributed by atoms with Crippen LogP contribution in [-0.4, -0.2) is 9.97 Å². The molecule has 0 aliphatic rings. The molecule has 0 spiro atoms. The van der Waals surface area contributed by atoms with Crippen LogP contribution >= 0.6 is 0 Å². The number of nitrogens with zero attached hydrogens (tertiary/aromatic N) is 2. The van der Waals surface area contributed by atoms with Crippen LogP contribution in [0, 0.1) is 4.91 Å². The number of nitrogens with one attached hydrogen (secondary N) is 1. The van der Waals surface area contributed by atoms with Crippen molar-refractivity contribution in [1.82, 2.24) is 9.97 Å². The predicted octanol–water partition coefficient (Wildman–Crippen LogP) is 3.21. The Morgan fingerprint density at radius 1 is 1.04 bits per heavy atom. The molecule has 0 aliphatic heterocycles. The molecule has 0 atom stereocenters. The number of ether oxygens (including phenoxy) is 1. The van der Waals surface area contributed by atoms with E-state index in [1.807, 2.05) is 18.2 Å². The summed E-state index contributed by atoms with van der Waals surface area (Å²) in [4.78, 5) is 28.9. The Kier molecular flexibility index (Phi) is 3.84. The summed E-state index contributed by atoms with van der Waals surface area (Å²) in [6.45, 7) is 0. The molecule has 0 saturated carbocycles. The van der Waals surface area contributed by atoms with E-state index in [9.17, 15) is 9.70 Å². The quantitative estimate of drug-likeness (QED) is 0.719. The highest BCUT2D eigenvalue weighted by atomic mass is 16.5. The summed E-state index contributed by atoms with van der Waals surface area (Å²) in [6, 6.07) is 16.2. The number of H-pyrrole nitrogens is 1. The number of para-hydroxylation sites is 2. The molecule has 0 unspecified atom stereocenters. The van der Waals surface area contributed by atoms with E-state index in [0.717, 1.165) is 0 Å². The predicted molar refractivity (Wildman–Crippen MR) is 86.7 cm³/mol. The van der Waals surface area contributed by atoms with E-state index in [1.165, 1.54) is 0 Å². The Labute approximate surface area is 130 Å². The van der Waals surface area contributed by atoms with Gasteiger partial charge in [-0.05, 0) is 29.4 Å². The van der Waals surface area contributed by atoms with E-state index in [4.69, 9.17) is 10.5 Å². The topological polar surface area (TPSA) is 110 Å². The summed E-state index contributed by atoms with van der Waals surface area (Å²) < 4.78 is 5.81. The molecule has 0 aliphatic carbocycles. The first-order valence-electron chi connectivity index (χ1n) is 6.74. The standard InChI is InChI=1S/C16H12N4O3/c17-14-13(20-22)16(21)19-15(18-14)11-8-4-5-9-12(11)23-10-6-2-1-3-7-10/h1-9H,(H3,17,18,19,21). The summed E-state index contributed by atoms with van der Waals surface area (Å²) in [5, 5.41) is 2.58. The zero-order valence-electron chi connectivity index (χ0n) is 11.9. The van der Waals surface area contributed by atoms with Gasteiger partial charge < -0.3 is 15.5 Å². The number of nitroso groups, excluding NO2 is 1. The van der Waals surface area contributed by atoms with Crippen LogP contribution in [0.25, 0.3) is 11.4 Å². The number of rotatable bonds is 4. The van der Waals surface area contributed by atoms with E-state index >= 15 is 0 Å². The summed E-state index contributed by atoms with van der Waals surface area (Å²) >= 11 is 0. The van der Waals surface area contributed by atoms with Gasteiger partial charge in [0.15, 0.2) is 5.82 Å². The lowest BCUT2D eigenvalue weighted by atomic mass is 10.2. The van der Waals surface area contributed by atoms with Crippen LogP contribution in [0.2, 0.25) is 0 Å². The minimum Gasteiger partial charge on any atom is -0.457 e. The van der Waals surface area contributed by atoms with E-state index < -0.39 is 11.2 Å². The number of aromatic amines is 1. The van der Waals surface area contributed by atoms with Crippen molar-refractivity contribution in [2.75, 3.05) is 5.73 Å². The fourth-order valence-corrected chi connectivity index (χ4v) is 2.07. The van der Waals surface area contributed by atoms with E-state index in [2.05, 4.69) is 15.1 Å². The maximum absolute atomic E-state index is 11.8. The SMILES string of the molecule is Nc1nc(-c2ccccc2Oc2ccccc2)[nH]c(=O)c1N=O. The molecular formula is C16H12N4O3. The van der Waals surface area contributed by atoms with Crippen LogP contribution in [0.15, 0.2) is 64.6 Å². The van der Waals surface area contributed by atoms with Crippen molar-refractivity contribution in [2.45, 2.75) is 0 Å². The molecule has 1 aromatic heterocycles. The highest BCUT2D eigenvalue weighted by Gasteiger charge is 2.14. The molecule has 3 N–H and O–H groups in total. The summed E-state index contributed by atoms with van der Waals surface area (Å²) in [6.07, 6.45) is 0. The number of nitrogens with two attached hydrogens (primary N) is 1. The highest BCUT2D eigenvalue weighted by molar-refractivity contribution is 5.68. The van der Waals surface area contributed by atoms with E-state index in [0.29, 0.717) is 17.1 Å². The second-order valence-corrected chi connectivity index (χ2v) is 4.65. The molecule has 2 aromatic carbocycles. The molecule has 23 heavy (non-hydrogen) atoms. The Morgan fingerprint density at radius 3 is 2.43 bits per heavy atom. The first-order valence-corrected chi connectivity index (χ1v) is 6.74. The van der Waals surface area contributed by atoms with Gasteiger partial charge in [0.25, 0.3) is 5.56 Å². The number of hydrogen-bond donors (Lipinski definition) is 2. The molecule has 114 valence electrons. The van der Waals surface area contributed by atoms with Gasteiger partial charge in [0.1, 0.15) is 17.3 Å². The smallest absolute Gasteiger partial charge is 0.282 e. The van der Waals surface area contributed by atoms with Crippen molar-refractivity contribution in [3.05, 3.63) is 69.9 Å². The lowest BCUT2D eigenvalue weighted by molar-refractivity contribution is 0.484. The number of nitrogen functional groups attached to an aromatic ring is 1. The van der Waals surface area contributed by atoms with Gasteiger partial charge in [-0.25, -0.2) is 4.98 Å². The number of benzene rings is 2. The maximum atomic E-state index is 11.8. The number of anilines is 1. The third-order valence-corrected chi connectivity index (χ3v) is 3.13. The molecule has 0 fully saturated rings. The minimum atomic E-state index is -0.697. The molecular weight excluding hydrogens is 296 g/mol. The minimum absolute atomic E-state index is 0.200. The average molecular weight is 308 g/mol. The Morgan fingerprint density at radius 2 is 1.74 bits per heavy atom. The summed E-state index contributed by atoms with van der Waals surface area (Å²) in [5.41, 5.74) is 5.01. The molecule has 0 bridgehead atoms. The van der Waals surface area contributed by atoms with Crippen molar-refractivity contribution >= 4 is 11.5 Å². The summed E-state index contributed by atoms with van der Waals surface area (Å²) in [5.74, 6) is 1.11. The van der Waals surface area contributed by atoms with Gasteiger partial charge in [-0.3, -0.25) is 4.79 Å². The van der Waals surface area contributed by atoms with Gasteiger partial charge in [-0.1, -0.05) is 30.3 Å².